The maximum absolute atomic E-state index is 13.0. The summed E-state index contributed by atoms with van der Waals surface area (Å²) in [5.74, 6) is -5.32. The van der Waals surface area contributed by atoms with Crippen molar-refractivity contribution in [3.05, 3.63) is 11.3 Å². The summed E-state index contributed by atoms with van der Waals surface area (Å²) < 4.78 is 127. The van der Waals surface area contributed by atoms with Crippen LogP contribution in [0, 0.1) is 0 Å². The van der Waals surface area contributed by atoms with Gasteiger partial charge in [-0.25, -0.2) is 21.6 Å². The number of carboxylic acid groups (broad SMARTS) is 1. The average molecular weight is 536 g/mol. The molecule has 0 aromatic heterocycles. The molecule has 1 amide bonds. The fourth-order valence-corrected chi connectivity index (χ4v) is 7.14. The average Bonchev–Trinajstić information content (AvgIpc) is 2.60. The molecule has 0 aromatic carbocycles. The van der Waals surface area contributed by atoms with Gasteiger partial charge in [-0.2, -0.15) is 26.3 Å². The first kappa shape index (κ1) is 26.2. The Labute approximate surface area is 179 Å². The molecule has 20 heteroatoms. The molecule has 2 aliphatic rings. The Morgan fingerprint density at radius 2 is 1.59 bits per heavy atom. The third kappa shape index (κ3) is 4.15. The predicted octanol–water partition coefficient (Wildman–Crippen LogP) is 0.173. The number of rotatable bonds is 6. The minimum Gasteiger partial charge on any atom is -0.477 e. The van der Waals surface area contributed by atoms with Gasteiger partial charge in [-0.1, -0.05) is 3.71 Å². The fourth-order valence-electron chi connectivity index (χ4n) is 2.66. The van der Waals surface area contributed by atoms with Crippen LogP contribution in [0.1, 0.15) is 6.92 Å². The van der Waals surface area contributed by atoms with E-state index in [2.05, 4.69) is 4.74 Å². The highest BCUT2D eigenvalue weighted by Gasteiger charge is 2.70. The zero-order valence-electron chi connectivity index (χ0n) is 15.2. The van der Waals surface area contributed by atoms with Gasteiger partial charge in [0.2, 0.25) is 0 Å². The van der Waals surface area contributed by atoms with Crippen LogP contribution in [-0.4, -0.2) is 83.2 Å². The molecule has 1 N–H and O–H groups in total. The summed E-state index contributed by atoms with van der Waals surface area (Å²) in [5.41, 5.74) is -14.4. The van der Waals surface area contributed by atoms with Gasteiger partial charge in [0.05, 0.1) is 0 Å². The number of carbonyl (C=O) groups is 3. The number of alkyl halides is 6. The van der Waals surface area contributed by atoms with E-state index < -0.39 is 82.1 Å². The third-order valence-electron chi connectivity index (χ3n) is 3.96. The molecule has 2 heterocycles. The van der Waals surface area contributed by atoms with Gasteiger partial charge < -0.3 is 9.84 Å². The highest BCUT2D eigenvalue weighted by Crippen LogP contribution is 2.47. The summed E-state index contributed by atoms with van der Waals surface area (Å²) in [6.45, 7) is 0.225. The van der Waals surface area contributed by atoms with Crippen LogP contribution in [0.15, 0.2) is 11.3 Å². The molecular formula is C12H10F6N2O9S3. The Hall–Kier alpha value is -2.06. The van der Waals surface area contributed by atoms with Crippen molar-refractivity contribution in [1.82, 2.24) is 8.61 Å². The van der Waals surface area contributed by atoms with E-state index in [-0.39, 0.29) is 22.2 Å². The molecule has 0 saturated carbocycles. The molecule has 0 radical (unpaired) electrons. The van der Waals surface area contributed by atoms with E-state index in [4.69, 9.17) is 0 Å². The predicted molar refractivity (Wildman–Crippen MR) is 90.0 cm³/mol. The van der Waals surface area contributed by atoms with Crippen LogP contribution in [-0.2, 0) is 39.2 Å². The van der Waals surface area contributed by atoms with Crippen molar-refractivity contribution in [3.8, 4) is 0 Å². The maximum atomic E-state index is 13.0. The lowest BCUT2D eigenvalue weighted by molar-refractivity contribution is -0.151. The summed E-state index contributed by atoms with van der Waals surface area (Å²) in [6.07, 6.45) is 0. The van der Waals surface area contributed by atoms with E-state index in [1.165, 1.54) is 0 Å². The van der Waals surface area contributed by atoms with E-state index >= 15 is 0 Å². The standard InChI is InChI=1S/C12H10F6N2O9S3/c1-4(21)29-2-5-3-30-9-7(8(22)19(9)6(5)10(23)24)20(31(25,26)11(13,14)15)32(27,28)12(16,17)18/h7,9H,2-3H2,1H3,(H,23,24)/t7-,9-/m1/s1. The number of hydrogen-bond acceptors (Lipinski definition) is 9. The lowest BCUT2D eigenvalue weighted by Crippen LogP contribution is -2.73. The van der Waals surface area contributed by atoms with Crippen LogP contribution >= 0.6 is 11.8 Å². The molecule has 0 aliphatic carbocycles. The van der Waals surface area contributed by atoms with Crippen molar-refractivity contribution >= 4 is 49.7 Å². The molecular weight excluding hydrogens is 526 g/mol. The molecule has 182 valence electrons. The number of fused-ring (bicyclic) bond motifs is 1. The smallest absolute Gasteiger partial charge is 0.477 e. The van der Waals surface area contributed by atoms with Crippen molar-refractivity contribution in [2.45, 2.75) is 29.4 Å². The van der Waals surface area contributed by atoms with Crippen LogP contribution in [0.5, 0.6) is 0 Å². The van der Waals surface area contributed by atoms with Gasteiger partial charge in [0.25, 0.3) is 5.91 Å². The molecule has 11 nitrogen and oxygen atoms in total. The summed E-state index contributed by atoms with van der Waals surface area (Å²) in [5, 5.41) is 7.24. The van der Waals surface area contributed by atoms with E-state index in [0.29, 0.717) is 0 Å². The van der Waals surface area contributed by atoms with Crippen molar-refractivity contribution in [3.63, 3.8) is 0 Å². The van der Waals surface area contributed by atoms with Gasteiger partial charge in [-0.05, 0) is 0 Å². The van der Waals surface area contributed by atoms with Crippen molar-refractivity contribution < 1.29 is 67.4 Å². The van der Waals surface area contributed by atoms with Gasteiger partial charge in [0.15, 0.2) is 6.04 Å². The largest absolute Gasteiger partial charge is 0.512 e. The molecule has 0 spiro atoms. The van der Waals surface area contributed by atoms with E-state index in [1.807, 2.05) is 0 Å². The van der Waals surface area contributed by atoms with E-state index in [0.717, 1.165) is 6.92 Å². The Morgan fingerprint density at radius 1 is 1.12 bits per heavy atom. The van der Waals surface area contributed by atoms with Gasteiger partial charge in [0, 0.05) is 18.2 Å². The lowest BCUT2D eigenvalue weighted by atomic mass is 10.0. The first-order chi connectivity index (χ1) is 14.3. The fraction of sp³-hybridized carbons (Fsp3) is 0.583. The van der Waals surface area contributed by atoms with Crippen molar-refractivity contribution in [2.75, 3.05) is 12.4 Å². The molecule has 2 atom stereocenters. The Kier molecular flexibility index (Phi) is 6.60. The topological polar surface area (TPSA) is 155 Å². The number of β-lactam (4-membered cyclic amide) rings is 1. The zero-order chi connectivity index (χ0) is 25.0. The zero-order valence-corrected chi connectivity index (χ0v) is 17.6. The highest BCUT2D eigenvalue weighted by atomic mass is 32.3. The summed E-state index contributed by atoms with van der Waals surface area (Å²) in [6, 6.07) is -3.07. The molecule has 32 heavy (non-hydrogen) atoms. The Bertz CT molecular complexity index is 1050. The SMILES string of the molecule is CC(=O)OCC1=C(C(=O)O)N2C(=O)[C@@H](N(S(=O)(=O)C(F)(F)F)S(=O)(=O)C(F)(F)F)[C@H]2SC1. The van der Waals surface area contributed by atoms with Crippen molar-refractivity contribution in [1.29, 1.82) is 0 Å². The molecule has 0 unspecified atom stereocenters. The Morgan fingerprint density at radius 3 is 1.97 bits per heavy atom. The minimum absolute atomic E-state index is 0.130. The molecule has 0 aromatic rings. The van der Waals surface area contributed by atoms with Crippen LogP contribution in [0.25, 0.3) is 0 Å². The monoisotopic (exact) mass is 536 g/mol. The Balaban J connectivity index is 2.62. The molecule has 1 saturated heterocycles. The summed E-state index contributed by atoms with van der Waals surface area (Å²) >= 11 is 0.275. The minimum atomic E-state index is -7.26. The quantitative estimate of drug-likeness (QED) is 0.282. The second-order valence-electron chi connectivity index (χ2n) is 6.02. The van der Waals surface area contributed by atoms with Gasteiger partial charge in [-0.15, -0.1) is 11.8 Å². The third-order valence-corrected chi connectivity index (χ3v) is 9.03. The number of amides is 1. The second kappa shape index (κ2) is 8.06. The molecule has 2 rings (SSSR count). The summed E-state index contributed by atoms with van der Waals surface area (Å²) in [4.78, 5) is 34.9. The van der Waals surface area contributed by atoms with Crippen molar-refractivity contribution in [2.24, 2.45) is 0 Å². The number of ether oxygens (including phenoxy) is 1. The van der Waals surface area contributed by atoms with Crippen LogP contribution in [0.3, 0.4) is 0 Å². The molecule has 2 aliphatic heterocycles. The second-order valence-corrected chi connectivity index (χ2v) is 11.0. The number of sulfonamides is 2. The van der Waals surface area contributed by atoms with Gasteiger partial charge in [0.1, 0.15) is 17.7 Å². The number of carbonyl (C=O) groups excluding carboxylic acids is 2. The van der Waals surface area contributed by atoms with Crippen LogP contribution in [0.2, 0.25) is 0 Å². The number of esters is 1. The number of thioether (sulfide) groups is 1. The maximum Gasteiger partial charge on any atom is 0.512 e. The van der Waals surface area contributed by atoms with Crippen LogP contribution in [0.4, 0.5) is 26.3 Å². The van der Waals surface area contributed by atoms with Gasteiger partial charge in [-0.3, -0.25) is 14.5 Å². The molecule has 1 fully saturated rings. The molecule has 0 bridgehead atoms. The first-order valence-electron chi connectivity index (χ1n) is 7.72. The van der Waals surface area contributed by atoms with E-state index in [9.17, 15) is 62.7 Å². The first-order valence-corrected chi connectivity index (χ1v) is 11.6. The number of carboxylic acids is 1. The number of halogens is 6. The number of nitrogens with zero attached hydrogens (tertiary/aromatic N) is 2. The summed E-state index contributed by atoms with van der Waals surface area (Å²) in [7, 11) is -14.5. The van der Waals surface area contributed by atoms with E-state index in [1.54, 1.807) is 0 Å². The van der Waals surface area contributed by atoms with Gasteiger partial charge >= 0.3 is 43.0 Å². The number of aliphatic carboxylic acids is 1. The lowest BCUT2D eigenvalue weighted by Gasteiger charge is -2.51. The number of hydrogen-bond donors (Lipinski definition) is 1. The normalized spacial score (nSPS) is 22.5. The van der Waals surface area contributed by atoms with Crippen LogP contribution < -0.4 is 0 Å². The highest BCUT2D eigenvalue weighted by molar-refractivity contribution is 8.05.